The number of carboxylic acid groups (broad SMARTS) is 1. The van der Waals surface area contributed by atoms with Crippen LogP contribution in [0.25, 0.3) is 0 Å². The van der Waals surface area contributed by atoms with E-state index in [4.69, 9.17) is 28.3 Å². The molecule has 0 aliphatic heterocycles. The summed E-state index contributed by atoms with van der Waals surface area (Å²) in [6.07, 6.45) is 0.0306. The third-order valence-electron chi connectivity index (χ3n) is 3.34. The number of carboxylic acids is 1. The van der Waals surface area contributed by atoms with Crippen LogP contribution in [0.5, 0.6) is 0 Å². The van der Waals surface area contributed by atoms with Crippen molar-refractivity contribution in [2.24, 2.45) is 0 Å². The lowest BCUT2D eigenvalue weighted by atomic mass is 10.1. The van der Waals surface area contributed by atoms with Gasteiger partial charge in [-0.1, -0.05) is 47.5 Å². The number of aliphatic carboxylic acids is 1. The van der Waals surface area contributed by atoms with Gasteiger partial charge in [-0.25, -0.2) is 0 Å². The molecule has 0 aromatic heterocycles. The summed E-state index contributed by atoms with van der Waals surface area (Å²) in [6.45, 7) is 1.41. The predicted molar refractivity (Wildman–Crippen MR) is 95.1 cm³/mol. The van der Waals surface area contributed by atoms with Crippen LogP contribution in [-0.4, -0.2) is 23.0 Å². The van der Waals surface area contributed by atoms with Gasteiger partial charge in [0.2, 0.25) is 5.91 Å². The van der Waals surface area contributed by atoms with E-state index in [0.717, 1.165) is 0 Å². The van der Waals surface area contributed by atoms with Gasteiger partial charge in [-0.15, -0.1) is 0 Å². The largest absolute Gasteiger partial charge is 0.480 e. The molecule has 0 bridgehead atoms. The number of nitrogens with one attached hydrogen (secondary N) is 2. The Hall–Kier alpha value is -2.24. The maximum Gasteiger partial charge on any atom is 0.325 e. The molecule has 2 aromatic rings. The van der Waals surface area contributed by atoms with E-state index in [1.807, 2.05) is 6.07 Å². The van der Waals surface area contributed by atoms with Crippen LogP contribution < -0.4 is 10.6 Å². The van der Waals surface area contributed by atoms with Gasteiger partial charge in [0.25, 0.3) is 0 Å². The number of para-hydroxylation sites is 2. The Balaban J connectivity index is 2.19. The number of carbonyl (C=O) groups excluding carboxylic acids is 1. The number of benzene rings is 2. The Morgan fingerprint density at radius 1 is 1.08 bits per heavy atom. The van der Waals surface area contributed by atoms with Gasteiger partial charge in [0.05, 0.1) is 22.2 Å². The molecule has 0 fully saturated rings. The number of carbonyl (C=O) groups is 2. The van der Waals surface area contributed by atoms with Crippen LogP contribution in [-0.2, 0) is 16.0 Å². The Morgan fingerprint density at radius 3 is 2.33 bits per heavy atom. The summed E-state index contributed by atoms with van der Waals surface area (Å²) in [7, 11) is 0. The van der Waals surface area contributed by atoms with Gasteiger partial charge < -0.3 is 15.7 Å². The summed E-state index contributed by atoms with van der Waals surface area (Å²) >= 11 is 12.3. The molecule has 2 rings (SSSR count). The smallest absolute Gasteiger partial charge is 0.325 e. The molecule has 126 valence electrons. The van der Waals surface area contributed by atoms with Crippen molar-refractivity contribution in [3.05, 3.63) is 58.1 Å². The average molecular weight is 367 g/mol. The lowest BCUT2D eigenvalue weighted by Gasteiger charge is -2.15. The van der Waals surface area contributed by atoms with Crippen molar-refractivity contribution in [1.29, 1.82) is 0 Å². The van der Waals surface area contributed by atoms with Crippen LogP contribution in [0.15, 0.2) is 42.5 Å². The van der Waals surface area contributed by atoms with Crippen molar-refractivity contribution in [3.8, 4) is 0 Å². The first kappa shape index (κ1) is 18.1. The van der Waals surface area contributed by atoms with Crippen LogP contribution in [0, 0.1) is 0 Å². The normalized spacial score (nSPS) is 11.6. The topological polar surface area (TPSA) is 78.4 Å². The Kier molecular flexibility index (Phi) is 6.06. The minimum atomic E-state index is -1.09. The van der Waals surface area contributed by atoms with Crippen molar-refractivity contribution in [1.82, 2.24) is 5.32 Å². The first-order valence-electron chi connectivity index (χ1n) is 7.19. The number of amides is 1. The number of hydrogen-bond acceptors (Lipinski definition) is 3. The molecule has 0 aliphatic rings. The number of anilines is 2. The first-order valence-corrected chi connectivity index (χ1v) is 7.95. The summed E-state index contributed by atoms with van der Waals surface area (Å²) in [6, 6.07) is 11.4. The zero-order valence-electron chi connectivity index (χ0n) is 12.8. The highest BCUT2D eigenvalue weighted by atomic mass is 35.5. The minimum absolute atomic E-state index is 0.0306. The summed E-state index contributed by atoms with van der Waals surface area (Å²) in [5.41, 5.74) is 1.92. The van der Waals surface area contributed by atoms with Gasteiger partial charge >= 0.3 is 5.97 Å². The lowest BCUT2D eigenvalue weighted by Crippen LogP contribution is -2.39. The van der Waals surface area contributed by atoms with E-state index in [9.17, 15) is 9.59 Å². The van der Waals surface area contributed by atoms with Crippen molar-refractivity contribution in [2.45, 2.75) is 19.4 Å². The summed E-state index contributed by atoms with van der Waals surface area (Å²) in [5.74, 6) is -1.47. The number of hydrogen-bond donors (Lipinski definition) is 3. The maximum atomic E-state index is 12.0. The van der Waals surface area contributed by atoms with E-state index in [1.54, 1.807) is 36.4 Å². The molecule has 1 unspecified atom stereocenters. The second kappa shape index (κ2) is 8.04. The molecule has 0 radical (unpaired) electrons. The Bertz CT molecular complexity index is 745. The Labute approximate surface area is 149 Å². The maximum absolute atomic E-state index is 12.0. The number of rotatable bonds is 6. The number of halogens is 2. The zero-order chi connectivity index (χ0) is 17.7. The molecular formula is C17H16Cl2N2O3. The first-order chi connectivity index (χ1) is 11.4. The second-order valence-corrected chi connectivity index (χ2v) is 6.00. The van der Waals surface area contributed by atoms with Crippen LogP contribution >= 0.6 is 23.2 Å². The molecule has 0 aliphatic carbocycles. The van der Waals surface area contributed by atoms with Crippen LogP contribution in [0.3, 0.4) is 0 Å². The second-order valence-electron chi connectivity index (χ2n) is 5.18. The van der Waals surface area contributed by atoms with E-state index in [1.165, 1.54) is 6.92 Å². The average Bonchev–Trinajstić information content (AvgIpc) is 2.52. The third-order valence-corrected chi connectivity index (χ3v) is 3.97. The zero-order valence-corrected chi connectivity index (χ0v) is 14.4. The molecule has 0 spiro atoms. The van der Waals surface area contributed by atoms with E-state index in [2.05, 4.69) is 10.6 Å². The fourth-order valence-corrected chi connectivity index (χ4v) is 2.57. The highest BCUT2D eigenvalue weighted by Gasteiger charge is 2.16. The van der Waals surface area contributed by atoms with E-state index in [-0.39, 0.29) is 12.3 Å². The molecule has 2 aromatic carbocycles. The van der Waals surface area contributed by atoms with Crippen molar-refractivity contribution < 1.29 is 14.7 Å². The van der Waals surface area contributed by atoms with Crippen LogP contribution in [0.4, 0.5) is 11.4 Å². The van der Waals surface area contributed by atoms with Gasteiger partial charge in [-0.3, -0.25) is 9.59 Å². The molecule has 7 heteroatoms. The predicted octanol–water partition coefficient (Wildman–Crippen LogP) is 3.87. The third kappa shape index (κ3) is 4.63. The van der Waals surface area contributed by atoms with Gasteiger partial charge in [0, 0.05) is 5.69 Å². The highest BCUT2D eigenvalue weighted by molar-refractivity contribution is 6.39. The highest BCUT2D eigenvalue weighted by Crippen LogP contribution is 2.33. The van der Waals surface area contributed by atoms with Gasteiger partial charge in [-0.2, -0.15) is 0 Å². The van der Waals surface area contributed by atoms with E-state index >= 15 is 0 Å². The summed E-state index contributed by atoms with van der Waals surface area (Å²) in [4.78, 5) is 22.8. The molecular weight excluding hydrogens is 351 g/mol. The van der Waals surface area contributed by atoms with Gasteiger partial charge in [0.15, 0.2) is 0 Å². The lowest BCUT2D eigenvalue weighted by molar-refractivity contribution is -0.141. The Morgan fingerprint density at radius 2 is 1.71 bits per heavy atom. The van der Waals surface area contributed by atoms with E-state index < -0.39 is 12.0 Å². The van der Waals surface area contributed by atoms with Crippen LogP contribution in [0.2, 0.25) is 10.0 Å². The quantitative estimate of drug-likeness (QED) is 0.724. The van der Waals surface area contributed by atoms with Crippen molar-refractivity contribution in [3.63, 3.8) is 0 Å². The minimum Gasteiger partial charge on any atom is -0.480 e. The van der Waals surface area contributed by atoms with E-state index in [0.29, 0.717) is 27.0 Å². The summed E-state index contributed by atoms with van der Waals surface area (Å²) in [5, 5.41) is 15.3. The molecule has 0 saturated heterocycles. The monoisotopic (exact) mass is 366 g/mol. The molecule has 5 nitrogen and oxygen atoms in total. The molecule has 0 saturated carbocycles. The molecule has 0 heterocycles. The summed E-state index contributed by atoms with van der Waals surface area (Å²) < 4.78 is 0. The molecule has 24 heavy (non-hydrogen) atoms. The van der Waals surface area contributed by atoms with Crippen molar-refractivity contribution in [2.75, 3.05) is 5.32 Å². The molecule has 1 amide bonds. The fourth-order valence-electron chi connectivity index (χ4n) is 2.08. The standard InChI is InChI=1S/C17H16Cl2N2O3/c1-10(17(23)24)20-15(22)9-11-5-2-3-8-14(11)21-16-12(18)6-4-7-13(16)19/h2-8,10,21H,9H2,1H3,(H,20,22)(H,23,24). The van der Waals surface area contributed by atoms with Gasteiger partial charge in [-0.05, 0) is 30.7 Å². The van der Waals surface area contributed by atoms with Crippen LogP contribution in [0.1, 0.15) is 12.5 Å². The van der Waals surface area contributed by atoms with Gasteiger partial charge in [0.1, 0.15) is 6.04 Å². The fraction of sp³-hybridized carbons (Fsp3) is 0.176. The molecule has 3 N–H and O–H groups in total. The SMILES string of the molecule is CC(NC(=O)Cc1ccccc1Nc1c(Cl)cccc1Cl)C(=O)O. The molecule has 1 atom stereocenters. The van der Waals surface area contributed by atoms with Crippen molar-refractivity contribution >= 4 is 46.5 Å².